The Kier molecular flexibility index (Phi) is 1.62. The lowest BCUT2D eigenvalue weighted by Crippen LogP contribution is -1.83. The summed E-state index contributed by atoms with van der Waals surface area (Å²) in [6.45, 7) is 0. The minimum atomic E-state index is -0.836. The molecule has 0 saturated carbocycles. The Morgan fingerprint density at radius 3 is 2.00 bits per heavy atom. The largest absolute Gasteiger partial charge is 0.259 e. The summed E-state index contributed by atoms with van der Waals surface area (Å²) in [5.74, 6) is -1.67. The van der Waals surface area contributed by atoms with E-state index in [0.29, 0.717) is 0 Å². The zero-order valence-electron chi connectivity index (χ0n) is 4.24. The van der Waals surface area contributed by atoms with Crippen molar-refractivity contribution in [2.45, 2.75) is 0 Å². The second-order valence-electron chi connectivity index (χ2n) is 1.42. The fourth-order valence-electron chi connectivity index (χ4n) is 0.396. The van der Waals surface area contributed by atoms with Crippen LogP contribution in [0.3, 0.4) is 0 Å². The number of hydrogen-bond acceptors (Lipinski definition) is 1. The first-order valence-electron chi connectivity index (χ1n) is 2.16. The molecular formula is C5H2ClF2N. The van der Waals surface area contributed by atoms with E-state index in [1.165, 1.54) is 0 Å². The van der Waals surface area contributed by atoms with Gasteiger partial charge in [-0.15, -0.1) is 0 Å². The number of pyridine rings is 1. The number of rotatable bonds is 0. The number of aromatic nitrogens is 1. The normalized spacial score (nSPS) is 9.67. The van der Waals surface area contributed by atoms with E-state index in [2.05, 4.69) is 4.98 Å². The first kappa shape index (κ1) is 6.42. The van der Waals surface area contributed by atoms with Gasteiger partial charge in [0.25, 0.3) is 0 Å². The number of nitrogens with zero attached hydrogens (tertiary/aromatic N) is 1. The molecule has 0 spiro atoms. The summed E-state index contributed by atoms with van der Waals surface area (Å²) in [6, 6.07) is 0. The molecule has 0 saturated heterocycles. The molecule has 0 unspecified atom stereocenters. The van der Waals surface area contributed by atoms with Crippen molar-refractivity contribution in [3.05, 3.63) is 29.1 Å². The Hall–Kier alpha value is -0.700. The van der Waals surface area contributed by atoms with E-state index in [1.807, 2.05) is 0 Å². The summed E-state index contributed by atoms with van der Waals surface area (Å²) in [5.41, 5.74) is 0. The molecule has 0 radical (unpaired) electrons. The van der Waals surface area contributed by atoms with Crippen molar-refractivity contribution in [2.75, 3.05) is 0 Å². The summed E-state index contributed by atoms with van der Waals surface area (Å²) in [5, 5.41) is -0.509. The van der Waals surface area contributed by atoms with Crippen LogP contribution in [0.1, 0.15) is 0 Å². The molecule has 0 aliphatic rings. The SMILES string of the molecule is Fc1cncc(F)c1Cl. The second kappa shape index (κ2) is 2.27. The predicted octanol–water partition coefficient (Wildman–Crippen LogP) is 2.01. The van der Waals surface area contributed by atoms with Crippen LogP contribution < -0.4 is 0 Å². The van der Waals surface area contributed by atoms with E-state index in [0.717, 1.165) is 12.4 Å². The summed E-state index contributed by atoms with van der Waals surface area (Å²) in [4.78, 5) is 3.21. The van der Waals surface area contributed by atoms with Crippen LogP contribution in [-0.4, -0.2) is 4.98 Å². The molecular weight excluding hydrogens is 148 g/mol. The molecule has 0 aromatic carbocycles. The Balaban J connectivity index is 3.25. The summed E-state index contributed by atoms with van der Waals surface area (Å²) in [6.07, 6.45) is 1.71. The zero-order valence-corrected chi connectivity index (χ0v) is 4.99. The predicted molar refractivity (Wildman–Crippen MR) is 29.2 cm³/mol. The van der Waals surface area contributed by atoms with Gasteiger partial charge in [0.1, 0.15) is 5.02 Å². The van der Waals surface area contributed by atoms with E-state index < -0.39 is 16.7 Å². The summed E-state index contributed by atoms with van der Waals surface area (Å²) >= 11 is 5.09. The monoisotopic (exact) mass is 149 g/mol. The standard InChI is InChI=1S/C5H2ClF2N/c6-5-3(7)1-9-2-4(5)8/h1-2H. The van der Waals surface area contributed by atoms with Crippen molar-refractivity contribution >= 4 is 11.6 Å². The van der Waals surface area contributed by atoms with Gasteiger partial charge in [-0.2, -0.15) is 0 Å². The van der Waals surface area contributed by atoms with Crippen LogP contribution >= 0.6 is 11.6 Å². The van der Waals surface area contributed by atoms with Crippen LogP contribution in [0, 0.1) is 11.6 Å². The Morgan fingerprint density at radius 1 is 1.22 bits per heavy atom. The first-order chi connectivity index (χ1) is 4.22. The summed E-state index contributed by atoms with van der Waals surface area (Å²) < 4.78 is 24.3. The van der Waals surface area contributed by atoms with Gasteiger partial charge in [0.05, 0.1) is 12.4 Å². The van der Waals surface area contributed by atoms with Crippen LogP contribution in [0.25, 0.3) is 0 Å². The molecule has 0 aliphatic carbocycles. The average molecular weight is 150 g/mol. The Labute approximate surface area is 55.3 Å². The molecule has 0 amide bonds. The van der Waals surface area contributed by atoms with Gasteiger partial charge in [0, 0.05) is 0 Å². The van der Waals surface area contributed by atoms with Crippen molar-refractivity contribution < 1.29 is 8.78 Å². The lowest BCUT2D eigenvalue weighted by atomic mass is 10.5. The van der Waals surface area contributed by atoms with Crippen molar-refractivity contribution in [3.63, 3.8) is 0 Å². The Morgan fingerprint density at radius 2 is 1.67 bits per heavy atom. The highest BCUT2D eigenvalue weighted by atomic mass is 35.5. The van der Waals surface area contributed by atoms with Crippen molar-refractivity contribution in [3.8, 4) is 0 Å². The molecule has 1 aromatic rings. The fourth-order valence-corrected chi connectivity index (χ4v) is 0.493. The molecule has 0 aliphatic heterocycles. The minimum Gasteiger partial charge on any atom is -0.259 e. The van der Waals surface area contributed by atoms with Crippen molar-refractivity contribution in [1.82, 2.24) is 4.98 Å². The first-order valence-corrected chi connectivity index (χ1v) is 2.54. The molecule has 0 fully saturated rings. The molecule has 1 nitrogen and oxygen atoms in total. The average Bonchev–Trinajstić information content (AvgIpc) is 1.83. The van der Waals surface area contributed by atoms with Gasteiger partial charge in [-0.3, -0.25) is 4.98 Å². The van der Waals surface area contributed by atoms with E-state index in [9.17, 15) is 8.78 Å². The lowest BCUT2D eigenvalue weighted by Gasteiger charge is -1.90. The van der Waals surface area contributed by atoms with Gasteiger partial charge in [0.2, 0.25) is 0 Å². The van der Waals surface area contributed by atoms with Crippen molar-refractivity contribution in [2.24, 2.45) is 0 Å². The maximum Gasteiger partial charge on any atom is 0.163 e. The van der Waals surface area contributed by atoms with E-state index in [1.54, 1.807) is 0 Å². The molecule has 0 N–H and O–H groups in total. The van der Waals surface area contributed by atoms with Crippen LogP contribution in [-0.2, 0) is 0 Å². The fraction of sp³-hybridized carbons (Fsp3) is 0. The van der Waals surface area contributed by atoms with Gasteiger partial charge >= 0.3 is 0 Å². The molecule has 0 atom stereocenters. The molecule has 48 valence electrons. The summed E-state index contributed by atoms with van der Waals surface area (Å²) in [7, 11) is 0. The highest BCUT2D eigenvalue weighted by Gasteiger charge is 2.03. The molecule has 9 heavy (non-hydrogen) atoms. The smallest absolute Gasteiger partial charge is 0.163 e. The van der Waals surface area contributed by atoms with Gasteiger partial charge in [0.15, 0.2) is 11.6 Å². The van der Waals surface area contributed by atoms with Gasteiger partial charge in [-0.1, -0.05) is 11.6 Å². The minimum absolute atomic E-state index is 0.509. The van der Waals surface area contributed by atoms with Gasteiger partial charge in [-0.05, 0) is 0 Å². The second-order valence-corrected chi connectivity index (χ2v) is 1.80. The van der Waals surface area contributed by atoms with Crippen LogP contribution in [0.2, 0.25) is 5.02 Å². The van der Waals surface area contributed by atoms with Crippen LogP contribution in [0.5, 0.6) is 0 Å². The Bertz CT molecular complexity index is 206. The molecule has 1 rings (SSSR count). The van der Waals surface area contributed by atoms with Crippen LogP contribution in [0.4, 0.5) is 8.78 Å². The third kappa shape index (κ3) is 1.16. The quantitative estimate of drug-likeness (QED) is 0.550. The van der Waals surface area contributed by atoms with Crippen LogP contribution in [0.15, 0.2) is 12.4 Å². The van der Waals surface area contributed by atoms with E-state index in [4.69, 9.17) is 11.6 Å². The third-order valence-corrected chi connectivity index (χ3v) is 1.16. The van der Waals surface area contributed by atoms with E-state index >= 15 is 0 Å². The molecule has 0 bridgehead atoms. The maximum atomic E-state index is 12.1. The maximum absolute atomic E-state index is 12.1. The third-order valence-electron chi connectivity index (χ3n) is 0.795. The molecule has 1 heterocycles. The van der Waals surface area contributed by atoms with Gasteiger partial charge < -0.3 is 0 Å². The van der Waals surface area contributed by atoms with Crippen molar-refractivity contribution in [1.29, 1.82) is 0 Å². The topological polar surface area (TPSA) is 12.9 Å². The number of halogens is 3. The lowest BCUT2D eigenvalue weighted by molar-refractivity contribution is 0.574. The molecule has 4 heteroatoms. The van der Waals surface area contributed by atoms with Gasteiger partial charge in [-0.25, -0.2) is 8.78 Å². The zero-order chi connectivity index (χ0) is 6.85. The van der Waals surface area contributed by atoms with E-state index in [-0.39, 0.29) is 0 Å². The highest BCUT2D eigenvalue weighted by Crippen LogP contribution is 2.15. The molecule has 1 aromatic heterocycles. The highest BCUT2D eigenvalue weighted by molar-refractivity contribution is 6.30. The number of hydrogen-bond donors (Lipinski definition) is 0.